The van der Waals surface area contributed by atoms with Gasteiger partial charge in [0.05, 0.1) is 23.9 Å². The monoisotopic (exact) mass is 406 g/mol. The number of alkyl halides is 2. The van der Waals surface area contributed by atoms with Crippen LogP contribution in [-0.2, 0) is 23.5 Å². The Bertz CT molecular complexity index is 973. The van der Waals surface area contributed by atoms with Gasteiger partial charge in [-0.25, -0.2) is 9.97 Å². The first-order valence-electron chi connectivity index (χ1n) is 9.28. The van der Waals surface area contributed by atoms with Gasteiger partial charge in [0.1, 0.15) is 11.4 Å². The summed E-state index contributed by atoms with van der Waals surface area (Å²) in [5.74, 6) is -2.43. The van der Waals surface area contributed by atoms with Crippen LogP contribution in [0.25, 0.3) is 11.3 Å². The number of aliphatic hydroxyl groups excluding tert-OH is 1. The van der Waals surface area contributed by atoms with E-state index in [2.05, 4.69) is 9.97 Å². The zero-order chi connectivity index (χ0) is 19.8. The molecule has 1 aromatic heterocycles. The van der Waals surface area contributed by atoms with Crippen molar-refractivity contribution in [3.8, 4) is 11.3 Å². The van der Waals surface area contributed by atoms with E-state index in [1.165, 1.54) is 0 Å². The average Bonchev–Trinajstić information content (AvgIpc) is 3.14. The molecular weight excluding hydrogens is 386 g/mol. The molecular formula is C19H20F2N4O2S. The molecule has 5 rings (SSSR count). The molecule has 1 aromatic carbocycles. The standard InChI is InChI=1S/C19H20F2N4O2S/c1-9-14(26)7-25(9)18-23-16(12-4-5-19(20,21)17(12)24-18)10-2-3-11-13(22)8-28(27)15(11)6-10/h2-3,6,9,13-14,26H,4-5,7-8,22H2,1H3/t9-,13?,14?,28?/m0/s1. The van der Waals surface area contributed by atoms with Crippen LogP contribution in [0.4, 0.5) is 14.7 Å². The molecule has 3 N–H and O–H groups in total. The van der Waals surface area contributed by atoms with Crippen LogP contribution in [0.5, 0.6) is 0 Å². The maximum atomic E-state index is 14.5. The van der Waals surface area contributed by atoms with Crippen molar-refractivity contribution in [2.75, 3.05) is 17.2 Å². The molecule has 28 heavy (non-hydrogen) atoms. The van der Waals surface area contributed by atoms with E-state index in [1.807, 2.05) is 13.0 Å². The number of anilines is 1. The minimum Gasteiger partial charge on any atom is -0.611 e. The SMILES string of the molecule is C[C@H]1C(O)CN1c1nc(-c2ccc3c(c2)[S+]([O-])CC3N)c2c(n1)C(F)(F)CC2. The number of nitrogens with two attached hydrogens (primary N) is 1. The van der Waals surface area contributed by atoms with Gasteiger partial charge in [0.25, 0.3) is 5.92 Å². The second-order valence-corrected chi connectivity index (χ2v) is 9.20. The average molecular weight is 406 g/mol. The van der Waals surface area contributed by atoms with Crippen molar-refractivity contribution in [2.45, 2.75) is 48.8 Å². The third-order valence-electron chi connectivity index (χ3n) is 5.98. The molecule has 0 saturated carbocycles. The zero-order valence-electron chi connectivity index (χ0n) is 15.2. The number of halogens is 2. The number of aromatic nitrogens is 2. The van der Waals surface area contributed by atoms with Crippen molar-refractivity contribution in [2.24, 2.45) is 5.73 Å². The lowest BCUT2D eigenvalue weighted by Gasteiger charge is -2.43. The lowest BCUT2D eigenvalue weighted by atomic mass is 10.0. The minimum absolute atomic E-state index is 0.190. The molecule has 1 saturated heterocycles. The Balaban J connectivity index is 1.66. The summed E-state index contributed by atoms with van der Waals surface area (Å²) in [6.07, 6.45) is -0.631. The summed E-state index contributed by atoms with van der Waals surface area (Å²) in [6, 6.07) is 4.88. The number of benzene rings is 1. The third-order valence-corrected chi connectivity index (χ3v) is 7.49. The summed E-state index contributed by atoms with van der Waals surface area (Å²) in [7, 11) is 0. The summed E-state index contributed by atoms with van der Waals surface area (Å²) < 4.78 is 41.3. The van der Waals surface area contributed by atoms with E-state index < -0.39 is 23.2 Å². The number of aliphatic hydroxyl groups is 1. The van der Waals surface area contributed by atoms with Gasteiger partial charge in [0.15, 0.2) is 4.90 Å². The van der Waals surface area contributed by atoms with Gasteiger partial charge in [-0.05, 0) is 24.5 Å². The lowest BCUT2D eigenvalue weighted by Crippen LogP contribution is -2.59. The first-order valence-corrected chi connectivity index (χ1v) is 10.6. The van der Waals surface area contributed by atoms with Crippen LogP contribution >= 0.6 is 0 Å². The summed E-state index contributed by atoms with van der Waals surface area (Å²) in [5.41, 5.74) is 8.15. The fraction of sp³-hybridized carbons (Fsp3) is 0.474. The molecule has 0 spiro atoms. The maximum Gasteiger partial charge on any atom is 0.290 e. The van der Waals surface area contributed by atoms with E-state index in [9.17, 15) is 18.4 Å². The van der Waals surface area contributed by atoms with E-state index in [0.717, 1.165) is 5.56 Å². The fourth-order valence-electron chi connectivity index (χ4n) is 4.16. The summed E-state index contributed by atoms with van der Waals surface area (Å²) >= 11 is -1.20. The van der Waals surface area contributed by atoms with Gasteiger partial charge in [-0.3, -0.25) is 0 Å². The van der Waals surface area contributed by atoms with Crippen molar-refractivity contribution < 1.29 is 18.4 Å². The van der Waals surface area contributed by atoms with Crippen LogP contribution in [0.15, 0.2) is 23.1 Å². The highest BCUT2D eigenvalue weighted by Crippen LogP contribution is 2.45. The molecule has 148 valence electrons. The van der Waals surface area contributed by atoms with Crippen LogP contribution in [0.1, 0.15) is 36.2 Å². The zero-order valence-corrected chi connectivity index (χ0v) is 16.0. The Morgan fingerprint density at radius 3 is 2.86 bits per heavy atom. The Hall–Kier alpha value is -1.81. The Labute approximate surface area is 164 Å². The number of β-amino-alcohol motifs (C(OH)–C–C–N with tert-alkyl or cyclic N) is 1. The van der Waals surface area contributed by atoms with Crippen LogP contribution in [0, 0.1) is 0 Å². The fourth-order valence-corrected chi connectivity index (χ4v) is 5.59. The highest BCUT2D eigenvalue weighted by Gasteiger charge is 2.45. The van der Waals surface area contributed by atoms with Crippen LogP contribution < -0.4 is 10.6 Å². The van der Waals surface area contributed by atoms with Crippen LogP contribution in [0.2, 0.25) is 0 Å². The molecule has 2 aromatic rings. The van der Waals surface area contributed by atoms with Gasteiger partial charge in [-0.15, -0.1) is 0 Å². The predicted molar refractivity (Wildman–Crippen MR) is 101 cm³/mol. The first kappa shape index (κ1) is 18.2. The Morgan fingerprint density at radius 2 is 2.14 bits per heavy atom. The van der Waals surface area contributed by atoms with Gasteiger partial charge in [0.2, 0.25) is 5.95 Å². The Morgan fingerprint density at radius 1 is 1.36 bits per heavy atom. The smallest absolute Gasteiger partial charge is 0.290 e. The number of hydrogen-bond donors (Lipinski definition) is 2. The molecule has 3 heterocycles. The summed E-state index contributed by atoms with van der Waals surface area (Å²) in [4.78, 5) is 11.1. The van der Waals surface area contributed by atoms with Crippen LogP contribution in [-0.4, -0.2) is 44.1 Å². The molecule has 0 radical (unpaired) electrons. The van der Waals surface area contributed by atoms with Crippen LogP contribution in [0.3, 0.4) is 0 Å². The third kappa shape index (κ3) is 2.57. The van der Waals surface area contributed by atoms with Crippen molar-refractivity contribution in [3.05, 3.63) is 35.0 Å². The van der Waals surface area contributed by atoms with Crippen molar-refractivity contribution >= 4 is 17.1 Å². The minimum atomic E-state index is -3.00. The van der Waals surface area contributed by atoms with Gasteiger partial charge < -0.3 is 20.3 Å². The van der Waals surface area contributed by atoms with Gasteiger partial charge >= 0.3 is 0 Å². The maximum absolute atomic E-state index is 14.5. The van der Waals surface area contributed by atoms with Crippen molar-refractivity contribution in [1.82, 2.24) is 9.97 Å². The number of fused-ring (bicyclic) bond motifs is 2. The van der Waals surface area contributed by atoms with Gasteiger partial charge in [-0.1, -0.05) is 12.1 Å². The molecule has 1 aliphatic carbocycles. The van der Waals surface area contributed by atoms with Crippen molar-refractivity contribution in [1.29, 1.82) is 0 Å². The topological polar surface area (TPSA) is 98.3 Å². The molecule has 4 atom stereocenters. The van der Waals surface area contributed by atoms with Gasteiger partial charge in [0, 0.05) is 35.7 Å². The largest absolute Gasteiger partial charge is 0.611 e. The molecule has 2 aliphatic heterocycles. The lowest BCUT2D eigenvalue weighted by molar-refractivity contribution is -0.00603. The molecule has 3 aliphatic rings. The first-order chi connectivity index (χ1) is 13.3. The summed E-state index contributed by atoms with van der Waals surface area (Å²) in [6.45, 7) is 2.12. The molecule has 6 nitrogen and oxygen atoms in total. The van der Waals surface area contributed by atoms with E-state index in [-0.39, 0.29) is 36.6 Å². The van der Waals surface area contributed by atoms with Crippen molar-refractivity contribution in [3.63, 3.8) is 0 Å². The second-order valence-electron chi connectivity index (χ2n) is 7.74. The molecule has 9 heteroatoms. The van der Waals surface area contributed by atoms with E-state index >= 15 is 0 Å². The van der Waals surface area contributed by atoms with Gasteiger partial charge in [-0.2, -0.15) is 8.78 Å². The van der Waals surface area contributed by atoms with E-state index in [0.29, 0.717) is 34.0 Å². The predicted octanol–water partition coefficient (Wildman–Crippen LogP) is 1.87. The molecule has 0 bridgehead atoms. The molecule has 3 unspecified atom stereocenters. The quantitative estimate of drug-likeness (QED) is 0.739. The van der Waals surface area contributed by atoms with E-state index in [4.69, 9.17) is 5.73 Å². The summed E-state index contributed by atoms with van der Waals surface area (Å²) in [5, 5.41) is 9.80. The van der Waals surface area contributed by atoms with E-state index in [1.54, 1.807) is 17.0 Å². The Kier molecular flexibility index (Phi) is 3.97. The highest BCUT2D eigenvalue weighted by molar-refractivity contribution is 7.91. The molecule has 1 fully saturated rings. The number of hydrogen-bond acceptors (Lipinski definition) is 6. The number of nitrogens with zero attached hydrogens (tertiary/aromatic N) is 3. The normalized spacial score (nSPS) is 30.1. The molecule has 0 amide bonds. The highest BCUT2D eigenvalue weighted by atomic mass is 32.2. The number of rotatable bonds is 2. The second kappa shape index (κ2) is 6.09.